The predicted molar refractivity (Wildman–Crippen MR) is 72.2 cm³/mol. The number of nitrogens with zero attached hydrogens (tertiary/aromatic N) is 1. The second kappa shape index (κ2) is 4.96. The number of carbonyl (C=O) groups excluding carboxylic acids is 2. The molecule has 6 heteroatoms. The number of hydrogen-bond acceptors (Lipinski definition) is 4. The fourth-order valence-corrected chi connectivity index (χ4v) is 3.09. The minimum Gasteiger partial charge on any atom is -0.478 e. The number of benzene rings is 1. The molecule has 1 saturated carbocycles. The molecular formula is C15H15NO5. The fraction of sp³-hybridized carbons (Fsp3) is 0.400. The molecule has 0 saturated heterocycles. The van der Waals surface area contributed by atoms with Gasteiger partial charge in [0.25, 0.3) is 11.8 Å². The Balaban J connectivity index is 1.98. The molecule has 6 nitrogen and oxygen atoms in total. The molecule has 1 aliphatic heterocycles. The Kier molecular flexibility index (Phi) is 3.25. The minimum absolute atomic E-state index is 0.0269. The van der Waals surface area contributed by atoms with Crippen molar-refractivity contribution in [3.05, 3.63) is 34.9 Å². The molecule has 1 aromatic carbocycles. The number of carbonyl (C=O) groups is 3. The third-order valence-electron chi connectivity index (χ3n) is 4.19. The van der Waals surface area contributed by atoms with E-state index in [0.717, 1.165) is 17.7 Å². The van der Waals surface area contributed by atoms with E-state index in [9.17, 15) is 19.5 Å². The van der Waals surface area contributed by atoms with Crippen LogP contribution in [0.15, 0.2) is 18.2 Å². The van der Waals surface area contributed by atoms with Gasteiger partial charge in [-0.1, -0.05) is 12.8 Å². The Morgan fingerprint density at radius 3 is 2.43 bits per heavy atom. The molecule has 1 aliphatic carbocycles. The van der Waals surface area contributed by atoms with Gasteiger partial charge in [-0.2, -0.15) is 0 Å². The van der Waals surface area contributed by atoms with Gasteiger partial charge in [-0.05, 0) is 31.0 Å². The molecule has 2 amide bonds. The van der Waals surface area contributed by atoms with E-state index in [4.69, 9.17) is 5.11 Å². The lowest BCUT2D eigenvalue weighted by molar-refractivity contribution is 0.0203. The maximum Gasteiger partial charge on any atom is 0.335 e. The fourth-order valence-electron chi connectivity index (χ4n) is 3.09. The number of imide groups is 1. The summed E-state index contributed by atoms with van der Waals surface area (Å²) >= 11 is 0. The number of carboxylic acid groups (broad SMARTS) is 1. The third-order valence-corrected chi connectivity index (χ3v) is 4.19. The highest BCUT2D eigenvalue weighted by Gasteiger charge is 2.43. The van der Waals surface area contributed by atoms with Gasteiger partial charge in [0.05, 0.1) is 28.8 Å². The number of aliphatic hydroxyl groups excluding tert-OH is 1. The molecule has 2 N–H and O–H groups in total. The smallest absolute Gasteiger partial charge is 0.335 e. The lowest BCUT2D eigenvalue weighted by atomic mass is 9.91. The largest absolute Gasteiger partial charge is 0.478 e. The first-order valence-corrected chi connectivity index (χ1v) is 6.94. The summed E-state index contributed by atoms with van der Waals surface area (Å²) in [7, 11) is 0. The van der Waals surface area contributed by atoms with Crippen molar-refractivity contribution in [2.75, 3.05) is 0 Å². The number of rotatable bonds is 2. The number of aliphatic hydroxyl groups is 1. The highest BCUT2D eigenvalue weighted by Crippen LogP contribution is 2.31. The Labute approximate surface area is 121 Å². The van der Waals surface area contributed by atoms with Crippen molar-refractivity contribution in [2.24, 2.45) is 0 Å². The van der Waals surface area contributed by atoms with Crippen LogP contribution in [0.1, 0.15) is 56.8 Å². The Morgan fingerprint density at radius 1 is 1.10 bits per heavy atom. The standard InChI is InChI=1S/C15H15NO5/c17-12-4-2-1-3-11(12)16-13(18)9-6-5-8(15(20)21)7-10(9)14(16)19/h5-7,11-12,17H,1-4H2,(H,20,21). The Hall–Kier alpha value is -2.21. The molecular weight excluding hydrogens is 274 g/mol. The number of amides is 2. The van der Waals surface area contributed by atoms with E-state index in [1.54, 1.807) is 0 Å². The van der Waals surface area contributed by atoms with Gasteiger partial charge >= 0.3 is 5.97 Å². The summed E-state index contributed by atoms with van der Waals surface area (Å²) < 4.78 is 0. The van der Waals surface area contributed by atoms with Gasteiger partial charge in [-0.25, -0.2) is 4.79 Å². The summed E-state index contributed by atoms with van der Waals surface area (Å²) in [6.45, 7) is 0. The van der Waals surface area contributed by atoms with E-state index in [1.807, 2.05) is 0 Å². The molecule has 0 radical (unpaired) electrons. The number of aromatic carboxylic acids is 1. The van der Waals surface area contributed by atoms with Crippen LogP contribution in [0, 0.1) is 0 Å². The van der Waals surface area contributed by atoms with Crippen molar-refractivity contribution in [1.29, 1.82) is 0 Å². The molecule has 0 aromatic heterocycles. The lowest BCUT2D eigenvalue weighted by Crippen LogP contribution is -2.48. The Bertz CT molecular complexity index is 639. The van der Waals surface area contributed by atoms with Crippen LogP contribution in [0.5, 0.6) is 0 Å². The van der Waals surface area contributed by atoms with Crippen LogP contribution in [0.2, 0.25) is 0 Å². The normalized spacial score (nSPS) is 25.1. The van der Waals surface area contributed by atoms with E-state index in [2.05, 4.69) is 0 Å². The van der Waals surface area contributed by atoms with E-state index in [1.165, 1.54) is 18.2 Å². The van der Waals surface area contributed by atoms with E-state index in [-0.39, 0.29) is 16.7 Å². The predicted octanol–water partition coefficient (Wildman–Crippen LogP) is 1.28. The molecule has 1 fully saturated rings. The van der Waals surface area contributed by atoms with Crippen molar-refractivity contribution < 1.29 is 24.6 Å². The van der Waals surface area contributed by atoms with Crippen LogP contribution in [0.25, 0.3) is 0 Å². The minimum atomic E-state index is -1.14. The summed E-state index contributed by atoms with van der Waals surface area (Å²) in [5, 5.41) is 19.0. The van der Waals surface area contributed by atoms with Gasteiger partial charge in [0, 0.05) is 0 Å². The van der Waals surface area contributed by atoms with Crippen molar-refractivity contribution in [2.45, 2.75) is 37.8 Å². The first-order chi connectivity index (χ1) is 10.0. The lowest BCUT2D eigenvalue weighted by Gasteiger charge is -2.33. The van der Waals surface area contributed by atoms with Gasteiger partial charge in [-0.15, -0.1) is 0 Å². The molecule has 110 valence electrons. The summed E-state index contributed by atoms with van der Waals surface area (Å²) in [5.74, 6) is -2.10. The van der Waals surface area contributed by atoms with Crippen LogP contribution in [0.4, 0.5) is 0 Å². The molecule has 2 atom stereocenters. The van der Waals surface area contributed by atoms with E-state index in [0.29, 0.717) is 12.8 Å². The summed E-state index contributed by atoms with van der Waals surface area (Å²) in [6.07, 6.45) is 2.18. The van der Waals surface area contributed by atoms with Crippen molar-refractivity contribution in [3.8, 4) is 0 Å². The van der Waals surface area contributed by atoms with Gasteiger partial charge in [0.1, 0.15) is 0 Å². The van der Waals surface area contributed by atoms with Crippen LogP contribution in [0.3, 0.4) is 0 Å². The monoisotopic (exact) mass is 289 g/mol. The quantitative estimate of drug-likeness (QED) is 0.800. The zero-order chi connectivity index (χ0) is 15.1. The van der Waals surface area contributed by atoms with E-state index >= 15 is 0 Å². The van der Waals surface area contributed by atoms with E-state index < -0.39 is 29.9 Å². The van der Waals surface area contributed by atoms with Gasteiger partial charge in [-0.3, -0.25) is 14.5 Å². The second-order valence-electron chi connectivity index (χ2n) is 5.46. The maximum absolute atomic E-state index is 12.4. The van der Waals surface area contributed by atoms with Crippen LogP contribution < -0.4 is 0 Å². The molecule has 0 bridgehead atoms. The van der Waals surface area contributed by atoms with Gasteiger partial charge < -0.3 is 10.2 Å². The summed E-state index contributed by atoms with van der Waals surface area (Å²) in [5.41, 5.74) is 0.293. The zero-order valence-electron chi connectivity index (χ0n) is 11.3. The highest BCUT2D eigenvalue weighted by atomic mass is 16.4. The number of carboxylic acids is 1. The van der Waals surface area contributed by atoms with Crippen LogP contribution in [-0.4, -0.2) is 45.0 Å². The summed E-state index contributed by atoms with van der Waals surface area (Å²) in [4.78, 5) is 36.9. The second-order valence-corrected chi connectivity index (χ2v) is 5.46. The van der Waals surface area contributed by atoms with Gasteiger partial charge in [0.15, 0.2) is 0 Å². The molecule has 2 aliphatic rings. The molecule has 0 spiro atoms. The Morgan fingerprint density at radius 2 is 1.76 bits per heavy atom. The zero-order valence-corrected chi connectivity index (χ0v) is 11.3. The van der Waals surface area contributed by atoms with Crippen molar-refractivity contribution in [1.82, 2.24) is 4.90 Å². The highest BCUT2D eigenvalue weighted by molar-refractivity contribution is 6.22. The van der Waals surface area contributed by atoms with Crippen LogP contribution in [-0.2, 0) is 0 Å². The SMILES string of the molecule is O=C(O)c1ccc2c(c1)C(=O)N(C1CCCCC1O)C2=O. The van der Waals surface area contributed by atoms with Crippen LogP contribution >= 0.6 is 0 Å². The average molecular weight is 289 g/mol. The number of fused-ring (bicyclic) bond motifs is 1. The van der Waals surface area contributed by atoms with Crippen molar-refractivity contribution in [3.63, 3.8) is 0 Å². The van der Waals surface area contributed by atoms with Crippen molar-refractivity contribution >= 4 is 17.8 Å². The molecule has 21 heavy (non-hydrogen) atoms. The maximum atomic E-state index is 12.4. The third kappa shape index (κ3) is 2.12. The average Bonchev–Trinajstić information content (AvgIpc) is 2.71. The molecule has 1 heterocycles. The summed E-state index contributed by atoms with van der Waals surface area (Å²) in [6, 6.07) is 3.40. The number of hydrogen-bond donors (Lipinski definition) is 2. The first kappa shape index (κ1) is 13.8. The van der Waals surface area contributed by atoms with Gasteiger partial charge in [0.2, 0.25) is 0 Å². The first-order valence-electron chi connectivity index (χ1n) is 6.94. The molecule has 3 rings (SSSR count). The molecule has 1 aromatic rings. The molecule has 2 unspecified atom stereocenters. The topological polar surface area (TPSA) is 94.9 Å².